The largest absolute Gasteiger partial charge is 0.419 e. The van der Waals surface area contributed by atoms with Gasteiger partial charge in [0.25, 0.3) is 0 Å². The Hall–Kier alpha value is -2.05. The van der Waals surface area contributed by atoms with Crippen molar-refractivity contribution in [2.45, 2.75) is 26.9 Å². The zero-order valence-electron chi connectivity index (χ0n) is 12.1. The molecule has 2 heterocycles. The summed E-state index contributed by atoms with van der Waals surface area (Å²) in [5, 5.41) is 6.90. The molecule has 0 saturated carbocycles. The number of hydrogen-bond acceptors (Lipinski definition) is 3. The van der Waals surface area contributed by atoms with Crippen LogP contribution in [-0.2, 0) is 6.18 Å². The molecule has 2 aromatic heterocycles. The first kappa shape index (κ1) is 15.3. The minimum atomic E-state index is -4.40. The summed E-state index contributed by atoms with van der Waals surface area (Å²) in [5.41, 5.74) is 0.151. The Morgan fingerprint density at radius 2 is 1.86 bits per heavy atom. The molecule has 0 aliphatic heterocycles. The fourth-order valence-electron chi connectivity index (χ4n) is 1.59. The Morgan fingerprint density at radius 3 is 2.33 bits per heavy atom. The van der Waals surface area contributed by atoms with Crippen LogP contribution in [0.1, 0.15) is 26.3 Å². The van der Waals surface area contributed by atoms with Crippen molar-refractivity contribution in [3.8, 4) is 5.82 Å². The lowest BCUT2D eigenvalue weighted by Gasteiger charge is -2.19. The molecule has 0 bridgehead atoms. The molecular formula is C14H17F3N4. The van der Waals surface area contributed by atoms with Crippen molar-refractivity contribution in [2.75, 3.05) is 11.9 Å². The van der Waals surface area contributed by atoms with Crippen LogP contribution in [0, 0.1) is 5.41 Å². The molecule has 2 aromatic rings. The van der Waals surface area contributed by atoms with E-state index in [2.05, 4.69) is 36.2 Å². The number of nitrogens with zero attached hydrogens (tertiary/aromatic N) is 3. The quantitative estimate of drug-likeness (QED) is 0.938. The number of pyridine rings is 1. The first-order valence-electron chi connectivity index (χ1n) is 6.47. The number of alkyl halides is 3. The predicted molar refractivity (Wildman–Crippen MR) is 74.3 cm³/mol. The molecule has 1 N–H and O–H groups in total. The van der Waals surface area contributed by atoms with E-state index in [1.54, 1.807) is 18.3 Å². The number of hydrogen-bond donors (Lipinski definition) is 1. The van der Waals surface area contributed by atoms with E-state index in [0.29, 0.717) is 5.82 Å². The fourth-order valence-corrected chi connectivity index (χ4v) is 1.59. The van der Waals surface area contributed by atoms with Gasteiger partial charge in [-0.2, -0.15) is 18.3 Å². The van der Waals surface area contributed by atoms with Gasteiger partial charge >= 0.3 is 6.18 Å². The summed E-state index contributed by atoms with van der Waals surface area (Å²) in [4.78, 5) is 4.12. The van der Waals surface area contributed by atoms with Crippen LogP contribution >= 0.6 is 0 Å². The van der Waals surface area contributed by atoms with Gasteiger partial charge in [0, 0.05) is 12.7 Å². The first-order chi connectivity index (χ1) is 9.65. The van der Waals surface area contributed by atoms with Gasteiger partial charge in [0.2, 0.25) is 0 Å². The van der Waals surface area contributed by atoms with E-state index in [9.17, 15) is 13.2 Å². The molecule has 0 unspecified atom stereocenters. The topological polar surface area (TPSA) is 42.7 Å². The minimum absolute atomic E-state index is 0.127. The molecule has 0 fully saturated rings. The van der Waals surface area contributed by atoms with Crippen molar-refractivity contribution >= 4 is 5.69 Å². The summed E-state index contributed by atoms with van der Waals surface area (Å²) in [7, 11) is 0. The lowest BCUT2D eigenvalue weighted by molar-refractivity contribution is -0.137. The Morgan fingerprint density at radius 1 is 1.14 bits per heavy atom. The predicted octanol–water partition coefficient (Wildman–Crippen LogP) is 3.74. The van der Waals surface area contributed by atoms with Crippen LogP contribution in [0.15, 0.2) is 30.7 Å². The van der Waals surface area contributed by atoms with Crippen molar-refractivity contribution in [1.82, 2.24) is 14.8 Å². The maximum Gasteiger partial charge on any atom is 0.419 e. The van der Waals surface area contributed by atoms with Gasteiger partial charge in [-0.25, -0.2) is 9.67 Å². The second-order valence-corrected chi connectivity index (χ2v) is 5.99. The van der Waals surface area contributed by atoms with Crippen LogP contribution in [0.5, 0.6) is 0 Å². The van der Waals surface area contributed by atoms with Gasteiger partial charge in [-0.3, -0.25) is 0 Å². The van der Waals surface area contributed by atoms with E-state index in [1.807, 2.05) is 0 Å². The molecule has 114 valence electrons. The maximum absolute atomic E-state index is 12.5. The molecule has 7 heteroatoms. The molecule has 4 nitrogen and oxygen atoms in total. The van der Waals surface area contributed by atoms with Gasteiger partial charge in [-0.15, -0.1) is 0 Å². The first-order valence-corrected chi connectivity index (χ1v) is 6.47. The molecule has 0 atom stereocenters. The third-order valence-corrected chi connectivity index (χ3v) is 2.72. The van der Waals surface area contributed by atoms with Gasteiger partial charge in [0.1, 0.15) is 0 Å². The summed E-state index contributed by atoms with van der Waals surface area (Å²) in [6.45, 7) is 7.08. The molecule has 0 saturated heterocycles. The number of anilines is 1. The van der Waals surface area contributed by atoms with E-state index in [4.69, 9.17) is 0 Å². The molecular weight excluding hydrogens is 281 g/mol. The Bertz CT molecular complexity index is 594. The lowest BCUT2D eigenvalue weighted by Crippen LogP contribution is -2.19. The number of halogens is 3. The molecule has 21 heavy (non-hydrogen) atoms. The van der Waals surface area contributed by atoms with Gasteiger partial charge in [0.15, 0.2) is 5.82 Å². The van der Waals surface area contributed by atoms with Gasteiger partial charge in [0.05, 0.1) is 23.6 Å². The third-order valence-electron chi connectivity index (χ3n) is 2.72. The molecule has 0 aliphatic carbocycles. The number of nitrogens with one attached hydrogen (secondary N) is 1. The van der Waals surface area contributed by atoms with Crippen molar-refractivity contribution in [3.63, 3.8) is 0 Å². The summed E-state index contributed by atoms with van der Waals surface area (Å²) in [5.74, 6) is 0.340. The maximum atomic E-state index is 12.5. The zero-order chi connectivity index (χ0) is 15.7. The summed E-state index contributed by atoms with van der Waals surface area (Å²) < 4.78 is 38.6. The Balaban J connectivity index is 2.10. The monoisotopic (exact) mass is 298 g/mol. The van der Waals surface area contributed by atoms with Crippen LogP contribution < -0.4 is 5.32 Å². The van der Waals surface area contributed by atoms with Crippen LogP contribution in [0.3, 0.4) is 0 Å². The van der Waals surface area contributed by atoms with E-state index < -0.39 is 11.7 Å². The van der Waals surface area contributed by atoms with E-state index >= 15 is 0 Å². The summed E-state index contributed by atoms with van der Waals surface area (Å²) >= 11 is 0. The smallest absolute Gasteiger partial charge is 0.383 e. The standard InChI is InChI=1S/C14H17F3N4/c1-13(2,3)9-19-11-4-5-12(18-7-11)21-8-10(6-20-21)14(15,16)17/h4-8,19H,9H2,1-3H3. The highest BCUT2D eigenvalue weighted by atomic mass is 19.4. The Labute approximate surface area is 121 Å². The SMILES string of the molecule is CC(C)(C)CNc1ccc(-n2cc(C(F)(F)F)cn2)nc1. The molecule has 0 aromatic carbocycles. The second kappa shape index (κ2) is 5.38. The minimum Gasteiger partial charge on any atom is -0.383 e. The third kappa shape index (κ3) is 4.21. The van der Waals surface area contributed by atoms with Crippen molar-refractivity contribution < 1.29 is 13.2 Å². The van der Waals surface area contributed by atoms with E-state index in [-0.39, 0.29) is 5.41 Å². The van der Waals surface area contributed by atoms with Gasteiger partial charge in [-0.05, 0) is 17.5 Å². The lowest BCUT2D eigenvalue weighted by atomic mass is 9.97. The van der Waals surface area contributed by atoms with Gasteiger partial charge < -0.3 is 5.32 Å². The number of aromatic nitrogens is 3. The van der Waals surface area contributed by atoms with E-state index in [1.165, 1.54) is 0 Å². The van der Waals surface area contributed by atoms with E-state index in [0.717, 1.165) is 29.3 Å². The molecule has 2 rings (SSSR count). The normalized spacial score (nSPS) is 12.5. The Kier molecular flexibility index (Phi) is 3.93. The molecule has 0 radical (unpaired) electrons. The van der Waals surface area contributed by atoms with Crippen LogP contribution in [0.2, 0.25) is 0 Å². The highest BCUT2D eigenvalue weighted by Gasteiger charge is 2.32. The molecule has 0 aliphatic rings. The highest BCUT2D eigenvalue weighted by molar-refractivity contribution is 5.43. The summed E-state index contributed by atoms with van der Waals surface area (Å²) in [6, 6.07) is 3.39. The summed E-state index contributed by atoms with van der Waals surface area (Å²) in [6.07, 6.45) is -1.11. The van der Waals surface area contributed by atoms with Crippen molar-refractivity contribution in [1.29, 1.82) is 0 Å². The second-order valence-electron chi connectivity index (χ2n) is 5.99. The number of rotatable bonds is 3. The van der Waals surface area contributed by atoms with Crippen molar-refractivity contribution in [3.05, 3.63) is 36.3 Å². The van der Waals surface area contributed by atoms with Crippen molar-refractivity contribution in [2.24, 2.45) is 5.41 Å². The zero-order valence-corrected chi connectivity index (χ0v) is 12.1. The van der Waals surface area contributed by atoms with Crippen LogP contribution in [0.4, 0.5) is 18.9 Å². The average Bonchev–Trinajstić information content (AvgIpc) is 2.85. The van der Waals surface area contributed by atoms with Crippen LogP contribution in [0.25, 0.3) is 5.82 Å². The van der Waals surface area contributed by atoms with Gasteiger partial charge in [-0.1, -0.05) is 20.8 Å². The average molecular weight is 298 g/mol. The van der Waals surface area contributed by atoms with Crippen LogP contribution in [-0.4, -0.2) is 21.3 Å². The highest BCUT2D eigenvalue weighted by Crippen LogP contribution is 2.29. The molecule has 0 amide bonds. The fraction of sp³-hybridized carbons (Fsp3) is 0.429. The molecule has 0 spiro atoms.